The van der Waals surface area contributed by atoms with Crippen molar-refractivity contribution >= 4 is 45.7 Å². The van der Waals surface area contributed by atoms with Crippen LogP contribution in [0.5, 0.6) is 5.75 Å². The molecule has 0 amide bonds. The van der Waals surface area contributed by atoms with Crippen LogP contribution in [0.4, 0.5) is 0 Å². The van der Waals surface area contributed by atoms with Gasteiger partial charge in [-0.25, -0.2) is 0 Å². The van der Waals surface area contributed by atoms with E-state index in [0.29, 0.717) is 5.02 Å². The Morgan fingerprint density at radius 2 is 1.49 bits per heavy atom. The van der Waals surface area contributed by atoms with Gasteiger partial charge in [-0.1, -0.05) is 78.3 Å². The molecule has 0 aliphatic carbocycles. The lowest BCUT2D eigenvalue weighted by Crippen LogP contribution is -2.07. The summed E-state index contributed by atoms with van der Waals surface area (Å²) in [6, 6.07) is 28.3. The Labute approximate surface area is 218 Å². The first kappa shape index (κ1) is 23.7. The summed E-state index contributed by atoms with van der Waals surface area (Å²) in [6.07, 6.45) is 0. The predicted octanol–water partition coefficient (Wildman–Crippen LogP) is 8.18. The molecular weight excluding hydrogens is 497 g/mol. The molecule has 4 nitrogen and oxygen atoms in total. The summed E-state index contributed by atoms with van der Waals surface area (Å²) < 4.78 is 7.49. The first-order chi connectivity index (χ1) is 17.0. The standard InChI is InChI=1S/C28H23Cl2N3OS/c1-18(20-5-6-22-16-26(34-2)14-7-21(22)15-20)27-31-32-28(33(27)25-12-10-24(30)11-13-25)35-17-19-3-8-23(29)9-4-19/h3-16,18H,17H2,1-2H3/t18-/m0/s1. The highest BCUT2D eigenvalue weighted by Gasteiger charge is 2.21. The first-order valence-corrected chi connectivity index (χ1v) is 12.9. The van der Waals surface area contributed by atoms with E-state index in [1.54, 1.807) is 18.9 Å². The van der Waals surface area contributed by atoms with Crippen molar-refractivity contribution in [1.82, 2.24) is 14.8 Å². The van der Waals surface area contributed by atoms with Gasteiger partial charge in [0.05, 0.1) is 7.11 Å². The van der Waals surface area contributed by atoms with Crippen LogP contribution in [0.2, 0.25) is 10.0 Å². The Hall–Kier alpha value is -2.99. The molecule has 35 heavy (non-hydrogen) atoms. The fourth-order valence-corrected chi connectivity index (χ4v) is 5.17. The third-order valence-electron chi connectivity index (χ3n) is 5.98. The maximum atomic E-state index is 6.18. The van der Waals surface area contributed by atoms with Gasteiger partial charge in [0.2, 0.25) is 0 Å². The van der Waals surface area contributed by atoms with Gasteiger partial charge in [-0.05, 0) is 70.4 Å². The van der Waals surface area contributed by atoms with Gasteiger partial charge in [0, 0.05) is 27.4 Å². The number of aromatic nitrogens is 3. The van der Waals surface area contributed by atoms with E-state index in [4.69, 9.17) is 27.9 Å². The first-order valence-electron chi connectivity index (χ1n) is 11.2. The molecule has 5 aromatic rings. The van der Waals surface area contributed by atoms with E-state index in [1.165, 1.54) is 11.1 Å². The summed E-state index contributed by atoms with van der Waals surface area (Å²) in [7, 11) is 1.68. The van der Waals surface area contributed by atoms with Crippen molar-refractivity contribution in [2.75, 3.05) is 7.11 Å². The van der Waals surface area contributed by atoms with Crippen LogP contribution in [0.15, 0.2) is 90.1 Å². The van der Waals surface area contributed by atoms with Gasteiger partial charge < -0.3 is 4.74 Å². The molecule has 0 fully saturated rings. The van der Waals surface area contributed by atoms with Gasteiger partial charge in [0.15, 0.2) is 5.16 Å². The zero-order chi connectivity index (χ0) is 24.4. The number of fused-ring (bicyclic) bond motifs is 1. The Morgan fingerprint density at radius 1 is 0.829 bits per heavy atom. The van der Waals surface area contributed by atoms with Crippen LogP contribution >= 0.6 is 35.0 Å². The Bertz CT molecular complexity index is 1470. The Morgan fingerprint density at radius 3 is 2.20 bits per heavy atom. The minimum atomic E-state index is 0.0227. The molecular formula is C28H23Cl2N3OS. The van der Waals surface area contributed by atoms with Gasteiger partial charge >= 0.3 is 0 Å². The number of halogens is 2. The van der Waals surface area contributed by atoms with Crippen LogP contribution in [0.3, 0.4) is 0 Å². The largest absolute Gasteiger partial charge is 0.497 e. The summed E-state index contributed by atoms with van der Waals surface area (Å²) >= 11 is 13.9. The Balaban J connectivity index is 1.51. The molecule has 0 bridgehead atoms. The molecule has 1 aromatic heterocycles. The minimum Gasteiger partial charge on any atom is -0.497 e. The zero-order valence-corrected chi connectivity index (χ0v) is 21.6. The SMILES string of the molecule is COc1ccc2cc([C@H](C)c3nnc(SCc4ccc(Cl)cc4)n3-c3ccc(Cl)cc3)ccc2c1. The molecule has 0 unspecified atom stereocenters. The van der Waals surface area contributed by atoms with Gasteiger partial charge in [-0.2, -0.15) is 0 Å². The van der Waals surface area contributed by atoms with Crippen LogP contribution in [0.1, 0.15) is 29.8 Å². The summed E-state index contributed by atoms with van der Waals surface area (Å²) in [5.74, 6) is 2.51. The molecule has 0 radical (unpaired) electrons. The Kier molecular flexibility index (Phi) is 7.00. The molecule has 0 saturated carbocycles. The highest BCUT2D eigenvalue weighted by Crippen LogP contribution is 2.33. The van der Waals surface area contributed by atoms with Crippen molar-refractivity contribution in [2.45, 2.75) is 23.8 Å². The van der Waals surface area contributed by atoms with E-state index in [1.807, 2.05) is 60.7 Å². The average molecular weight is 520 g/mol. The molecule has 0 N–H and O–H groups in total. The number of ether oxygens (including phenoxy) is 1. The van der Waals surface area contributed by atoms with Crippen molar-refractivity contribution < 1.29 is 4.74 Å². The third-order valence-corrected chi connectivity index (χ3v) is 7.49. The smallest absolute Gasteiger partial charge is 0.196 e. The molecule has 1 atom stereocenters. The monoisotopic (exact) mass is 519 g/mol. The van der Waals surface area contributed by atoms with E-state index < -0.39 is 0 Å². The molecule has 176 valence electrons. The van der Waals surface area contributed by atoms with Crippen LogP contribution in [-0.2, 0) is 5.75 Å². The lowest BCUT2D eigenvalue weighted by atomic mass is 9.97. The summed E-state index contributed by atoms with van der Waals surface area (Å²) in [5.41, 5.74) is 3.31. The number of hydrogen-bond acceptors (Lipinski definition) is 4. The van der Waals surface area contributed by atoms with Crippen LogP contribution in [0.25, 0.3) is 16.5 Å². The second kappa shape index (κ2) is 10.3. The predicted molar refractivity (Wildman–Crippen MR) is 145 cm³/mol. The highest BCUT2D eigenvalue weighted by atomic mass is 35.5. The molecule has 5 rings (SSSR count). The second-order valence-electron chi connectivity index (χ2n) is 8.26. The molecule has 0 spiro atoms. The van der Waals surface area contributed by atoms with E-state index in [0.717, 1.165) is 44.0 Å². The number of hydrogen-bond donors (Lipinski definition) is 0. The summed E-state index contributed by atoms with van der Waals surface area (Å²) in [4.78, 5) is 0. The molecule has 0 aliphatic rings. The maximum absolute atomic E-state index is 6.18. The van der Waals surface area contributed by atoms with Crippen LogP contribution in [0, 0.1) is 0 Å². The summed E-state index contributed by atoms with van der Waals surface area (Å²) in [5, 5.41) is 13.8. The number of methoxy groups -OCH3 is 1. The molecule has 1 heterocycles. The van der Waals surface area contributed by atoms with E-state index >= 15 is 0 Å². The average Bonchev–Trinajstić information content (AvgIpc) is 3.31. The van der Waals surface area contributed by atoms with Gasteiger partial charge in [0.1, 0.15) is 11.6 Å². The highest BCUT2D eigenvalue weighted by molar-refractivity contribution is 7.98. The van der Waals surface area contributed by atoms with E-state index in [-0.39, 0.29) is 5.92 Å². The summed E-state index contributed by atoms with van der Waals surface area (Å²) in [6.45, 7) is 2.16. The fourth-order valence-electron chi connectivity index (χ4n) is 4.00. The second-order valence-corrected chi connectivity index (χ2v) is 10.1. The topological polar surface area (TPSA) is 39.9 Å². The van der Waals surface area contributed by atoms with E-state index in [9.17, 15) is 0 Å². The number of nitrogens with zero attached hydrogens (tertiary/aromatic N) is 3. The van der Waals surface area contributed by atoms with Crippen molar-refractivity contribution in [3.05, 3.63) is 112 Å². The van der Waals surface area contributed by atoms with Crippen LogP contribution < -0.4 is 4.74 Å². The van der Waals surface area contributed by atoms with Gasteiger partial charge in [0.25, 0.3) is 0 Å². The maximum Gasteiger partial charge on any atom is 0.196 e. The molecule has 0 aliphatic heterocycles. The number of thioether (sulfide) groups is 1. The van der Waals surface area contributed by atoms with Gasteiger partial charge in [-0.15, -0.1) is 10.2 Å². The number of rotatable bonds is 7. The molecule has 0 saturated heterocycles. The molecule has 7 heteroatoms. The van der Waals surface area contributed by atoms with Crippen molar-refractivity contribution in [1.29, 1.82) is 0 Å². The van der Waals surface area contributed by atoms with Crippen LogP contribution in [-0.4, -0.2) is 21.9 Å². The molecule has 4 aromatic carbocycles. The van der Waals surface area contributed by atoms with Crippen molar-refractivity contribution in [3.63, 3.8) is 0 Å². The quantitative estimate of drug-likeness (QED) is 0.203. The number of benzene rings is 4. The minimum absolute atomic E-state index is 0.0227. The van der Waals surface area contributed by atoms with Crippen molar-refractivity contribution in [3.8, 4) is 11.4 Å². The lowest BCUT2D eigenvalue weighted by Gasteiger charge is -2.16. The normalized spacial score (nSPS) is 12.1. The van der Waals surface area contributed by atoms with E-state index in [2.05, 4.69) is 46.0 Å². The third kappa shape index (κ3) is 5.18. The lowest BCUT2D eigenvalue weighted by molar-refractivity contribution is 0.415. The van der Waals surface area contributed by atoms with Gasteiger partial charge in [-0.3, -0.25) is 4.57 Å². The fraction of sp³-hybridized carbons (Fsp3) is 0.143. The zero-order valence-electron chi connectivity index (χ0n) is 19.3. The van der Waals surface area contributed by atoms with Crippen molar-refractivity contribution in [2.24, 2.45) is 0 Å².